The topological polar surface area (TPSA) is 92.4 Å². The smallest absolute Gasteiger partial charge is 0.305 e. The van der Waals surface area contributed by atoms with Crippen LogP contribution in [0, 0.1) is 0 Å². The van der Waals surface area contributed by atoms with Crippen LogP contribution in [0.1, 0.15) is 23.6 Å². The number of hydrogen-bond acceptors (Lipinski definition) is 3. The predicted octanol–water partition coefficient (Wildman–Crippen LogP) is 1.31. The van der Waals surface area contributed by atoms with Crippen LogP contribution in [-0.2, 0) is 16.0 Å². The summed E-state index contributed by atoms with van der Waals surface area (Å²) in [6, 6.07) is 2.71. The van der Waals surface area contributed by atoms with Crippen molar-refractivity contribution in [1.82, 2.24) is 0 Å². The number of amides is 1. The number of hydrogen-bond donors (Lipinski definition) is 3. The molecule has 4 N–H and O–H groups in total. The molecule has 1 amide bonds. The van der Waals surface area contributed by atoms with Gasteiger partial charge in [-0.15, -0.1) is 0 Å². The van der Waals surface area contributed by atoms with Crippen LogP contribution in [-0.4, -0.2) is 17.0 Å². The lowest BCUT2D eigenvalue weighted by Crippen LogP contribution is -2.15. The van der Waals surface area contributed by atoms with E-state index in [1.54, 1.807) is 12.1 Å². The van der Waals surface area contributed by atoms with E-state index < -0.39 is 12.0 Å². The van der Waals surface area contributed by atoms with Crippen molar-refractivity contribution >= 4 is 29.2 Å². The molecule has 1 aromatic carbocycles. The monoisotopic (exact) mass is 254 g/mol. The van der Waals surface area contributed by atoms with Crippen molar-refractivity contribution < 1.29 is 14.7 Å². The lowest BCUT2D eigenvalue weighted by Gasteiger charge is -2.12. The van der Waals surface area contributed by atoms with Crippen molar-refractivity contribution in [2.24, 2.45) is 5.73 Å². The van der Waals surface area contributed by atoms with Crippen LogP contribution in [0.15, 0.2) is 12.1 Å². The molecule has 1 aliphatic rings. The molecule has 0 aromatic heterocycles. The fourth-order valence-electron chi connectivity index (χ4n) is 1.84. The van der Waals surface area contributed by atoms with Crippen LogP contribution >= 0.6 is 11.6 Å². The van der Waals surface area contributed by atoms with Crippen LogP contribution in [0.25, 0.3) is 0 Å². The first-order valence-electron chi connectivity index (χ1n) is 5.07. The van der Waals surface area contributed by atoms with E-state index in [4.69, 9.17) is 22.4 Å². The zero-order valence-electron chi connectivity index (χ0n) is 8.87. The molecule has 1 unspecified atom stereocenters. The van der Waals surface area contributed by atoms with Crippen LogP contribution in [0.2, 0.25) is 5.02 Å². The van der Waals surface area contributed by atoms with Crippen LogP contribution < -0.4 is 11.1 Å². The van der Waals surface area contributed by atoms with E-state index in [9.17, 15) is 9.59 Å². The number of halogens is 1. The highest BCUT2D eigenvalue weighted by Crippen LogP contribution is 2.34. The molecule has 1 heterocycles. The summed E-state index contributed by atoms with van der Waals surface area (Å²) in [5, 5.41) is 11.7. The number of carboxylic acid groups (broad SMARTS) is 1. The standard InChI is InChI=1S/C11H11ClN2O3/c12-7-2-5(8(13)4-10(16)17)1-6-3-9(15)14-11(6)7/h1-2,8H,3-4,13H2,(H,14,15)(H,16,17). The maximum Gasteiger partial charge on any atom is 0.305 e. The highest BCUT2D eigenvalue weighted by molar-refractivity contribution is 6.34. The van der Waals surface area contributed by atoms with Crippen molar-refractivity contribution in [3.8, 4) is 0 Å². The number of benzene rings is 1. The predicted molar refractivity (Wildman–Crippen MR) is 63.0 cm³/mol. The molecule has 0 saturated carbocycles. The number of fused-ring (bicyclic) bond motifs is 1. The molecule has 5 nitrogen and oxygen atoms in total. The number of aliphatic carboxylic acids is 1. The number of rotatable bonds is 3. The lowest BCUT2D eigenvalue weighted by molar-refractivity contribution is -0.137. The normalized spacial score (nSPS) is 15.3. The molecule has 0 fully saturated rings. The minimum absolute atomic E-state index is 0.120. The van der Waals surface area contributed by atoms with E-state index in [1.165, 1.54) is 0 Å². The minimum atomic E-state index is -0.969. The summed E-state index contributed by atoms with van der Waals surface area (Å²) in [5.41, 5.74) is 7.74. The Kier molecular flexibility index (Phi) is 3.04. The number of carboxylic acids is 1. The van der Waals surface area contributed by atoms with Gasteiger partial charge in [-0.3, -0.25) is 9.59 Å². The zero-order chi connectivity index (χ0) is 12.6. The van der Waals surface area contributed by atoms with Gasteiger partial charge in [0.05, 0.1) is 23.6 Å². The third-order valence-corrected chi connectivity index (χ3v) is 2.93. The molecular weight excluding hydrogens is 244 g/mol. The van der Waals surface area contributed by atoms with Gasteiger partial charge < -0.3 is 16.2 Å². The van der Waals surface area contributed by atoms with Crippen molar-refractivity contribution in [3.63, 3.8) is 0 Å². The van der Waals surface area contributed by atoms with Crippen molar-refractivity contribution in [2.45, 2.75) is 18.9 Å². The minimum Gasteiger partial charge on any atom is -0.481 e. The second-order valence-corrected chi connectivity index (χ2v) is 4.37. The number of nitrogens with one attached hydrogen (secondary N) is 1. The number of nitrogens with two attached hydrogens (primary N) is 1. The van der Waals surface area contributed by atoms with Gasteiger partial charge >= 0.3 is 5.97 Å². The van der Waals surface area contributed by atoms with Gasteiger partial charge in [0.1, 0.15) is 0 Å². The Morgan fingerprint density at radius 3 is 2.94 bits per heavy atom. The molecule has 17 heavy (non-hydrogen) atoms. The summed E-state index contributed by atoms with van der Waals surface area (Å²) in [6.45, 7) is 0. The summed E-state index contributed by atoms with van der Waals surface area (Å²) in [6.07, 6.45) is 0.0825. The average molecular weight is 255 g/mol. The molecule has 6 heteroatoms. The van der Waals surface area contributed by atoms with Gasteiger partial charge in [0, 0.05) is 6.04 Å². The lowest BCUT2D eigenvalue weighted by atomic mass is 10.0. The molecule has 0 radical (unpaired) electrons. The first kappa shape index (κ1) is 11.9. The Morgan fingerprint density at radius 2 is 2.29 bits per heavy atom. The van der Waals surface area contributed by atoms with E-state index in [0.717, 1.165) is 5.56 Å². The van der Waals surface area contributed by atoms with E-state index in [0.29, 0.717) is 16.3 Å². The Bertz CT molecular complexity index is 502. The van der Waals surface area contributed by atoms with Gasteiger partial charge in [-0.1, -0.05) is 17.7 Å². The molecule has 1 aliphatic heterocycles. The summed E-state index contributed by atoms with van der Waals surface area (Å²) < 4.78 is 0. The number of carbonyl (C=O) groups is 2. The number of carbonyl (C=O) groups excluding carboxylic acids is 1. The Labute approximate surface area is 103 Å². The third-order valence-electron chi connectivity index (χ3n) is 2.63. The zero-order valence-corrected chi connectivity index (χ0v) is 9.62. The van der Waals surface area contributed by atoms with Gasteiger partial charge in [-0.25, -0.2) is 0 Å². The maximum atomic E-state index is 11.2. The van der Waals surface area contributed by atoms with Gasteiger partial charge in [0.2, 0.25) is 5.91 Å². The summed E-state index contributed by atoms with van der Waals surface area (Å²) in [7, 11) is 0. The first-order chi connectivity index (χ1) is 7.97. The molecule has 0 bridgehead atoms. The van der Waals surface area contributed by atoms with Gasteiger partial charge in [-0.2, -0.15) is 0 Å². The largest absolute Gasteiger partial charge is 0.481 e. The van der Waals surface area contributed by atoms with E-state index in [1.807, 2.05) is 0 Å². The second-order valence-electron chi connectivity index (χ2n) is 3.97. The van der Waals surface area contributed by atoms with Crippen molar-refractivity contribution in [2.75, 3.05) is 5.32 Å². The van der Waals surface area contributed by atoms with E-state index in [-0.39, 0.29) is 18.7 Å². The van der Waals surface area contributed by atoms with Gasteiger partial charge in [0.15, 0.2) is 0 Å². The Morgan fingerprint density at radius 1 is 1.59 bits per heavy atom. The van der Waals surface area contributed by atoms with E-state index in [2.05, 4.69) is 5.32 Å². The molecule has 0 aliphatic carbocycles. The summed E-state index contributed by atoms with van der Waals surface area (Å²) in [5.74, 6) is -1.09. The third kappa shape index (κ3) is 2.40. The molecule has 1 aromatic rings. The SMILES string of the molecule is NC(CC(=O)O)c1cc(Cl)c2c(c1)CC(=O)N2. The molecular formula is C11H11ClN2O3. The molecule has 0 saturated heterocycles. The Balaban J connectivity index is 2.33. The average Bonchev–Trinajstić information content (AvgIpc) is 2.58. The summed E-state index contributed by atoms with van der Waals surface area (Å²) >= 11 is 6.00. The maximum absolute atomic E-state index is 11.2. The van der Waals surface area contributed by atoms with Crippen molar-refractivity contribution in [1.29, 1.82) is 0 Å². The van der Waals surface area contributed by atoms with E-state index >= 15 is 0 Å². The first-order valence-corrected chi connectivity index (χ1v) is 5.44. The van der Waals surface area contributed by atoms with Gasteiger partial charge in [0.25, 0.3) is 0 Å². The fourth-order valence-corrected chi connectivity index (χ4v) is 2.14. The fraction of sp³-hybridized carbons (Fsp3) is 0.273. The Hall–Kier alpha value is -1.59. The molecule has 90 valence electrons. The molecule has 2 rings (SSSR count). The molecule has 0 spiro atoms. The quantitative estimate of drug-likeness (QED) is 0.758. The van der Waals surface area contributed by atoms with Crippen molar-refractivity contribution in [3.05, 3.63) is 28.3 Å². The summed E-state index contributed by atoms with van der Waals surface area (Å²) in [4.78, 5) is 21.8. The highest BCUT2D eigenvalue weighted by atomic mass is 35.5. The van der Waals surface area contributed by atoms with Crippen LogP contribution in [0.3, 0.4) is 0 Å². The van der Waals surface area contributed by atoms with Crippen LogP contribution in [0.5, 0.6) is 0 Å². The second kappa shape index (κ2) is 4.35. The van der Waals surface area contributed by atoms with Gasteiger partial charge in [-0.05, 0) is 17.2 Å². The van der Waals surface area contributed by atoms with Crippen LogP contribution in [0.4, 0.5) is 5.69 Å². The highest BCUT2D eigenvalue weighted by Gasteiger charge is 2.22. The number of anilines is 1. The molecule has 1 atom stereocenters.